The van der Waals surface area contributed by atoms with Crippen molar-refractivity contribution >= 4 is 56.9 Å². The molecule has 2 N–H and O–H groups in total. The van der Waals surface area contributed by atoms with Crippen LogP contribution in [0.2, 0.25) is 0 Å². The normalized spacial score (nSPS) is 12.3. The summed E-state index contributed by atoms with van der Waals surface area (Å²) >= 11 is 0. The highest BCUT2D eigenvalue weighted by Gasteiger charge is 2.26. The molecule has 0 spiro atoms. The Morgan fingerprint density at radius 3 is 1.05 bits per heavy atom. The fraction of sp³-hybridized carbons (Fsp3) is 0. The lowest BCUT2D eigenvalue weighted by molar-refractivity contribution is 1.24. The van der Waals surface area contributed by atoms with Crippen molar-refractivity contribution in [2.45, 2.75) is 0 Å². The molecule has 0 unspecified atom stereocenters. The molecule has 6 aromatic carbocycles. The third-order valence-electron chi connectivity index (χ3n) is 8.06. The van der Waals surface area contributed by atoms with Crippen LogP contribution in [-0.4, -0.2) is 0 Å². The summed E-state index contributed by atoms with van der Waals surface area (Å²) in [6.45, 7) is 0. The van der Waals surface area contributed by atoms with E-state index < -0.39 is 0 Å². The van der Waals surface area contributed by atoms with Gasteiger partial charge in [-0.15, -0.1) is 0 Å². The molecule has 0 bridgehead atoms. The van der Waals surface area contributed by atoms with Crippen LogP contribution in [0.5, 0.6) is 0 Å². The summed E-state index contributed by atoms with van der Waals surface area (Å²) in [7, 11) is 0. The van der Waals surface area contributed by atoms with Crippen LogP contribution in [0.15, 0.2) is 133 Å². The van der Waals surface area contributed by atoms with Crippen LogP contribution in [0.25, 0.3) is 11.1 Å². The molecule has 44 heavy (non-hydrogen) atoms. The molecule has 6 nitrogen and oxygen atoms in total. The summed E-state index contributed by atoms with van der Waals surface area (Å²) in [4.78, 5) is 4.37. The fourth-order valence-electron chi connectivity index (χ4n) is 6.15. The Kier molecular flexibility index (Phi) is 5.79. The second-order valence-electron chi connectivity index (χ2n) is 10.8. The molecule has 6 heteroatoms. The molecule has 2 aliphatic rings. The van der Waals surface area contributed by atoms with E-state index in [0.717, 1.165) is 68.0 Å². The largest absolute Gasteiger partial charge is 0.352 e. The van der Waals surface area contributed by atoms with Crippen molar-refractivity contribution in [2.24, 2.45) is 0 Å². The highest BCUT2D eigenvalue weighted by molar-refractivity contribution is 5.99. The zero-order valence-corrected chi connectivity index (χ0v) is 23.5. The second-order valence-corrected chi connectivity index (χ2v) is 10.8. The minimum absolute atomic E-state index is 0.535. The second kappa shape index (κ2) is 10.1. The van der Waals surface area contributed by atoms with Gasteiger partial charge in [0.05, 0.1) is 68.8 Å². The van der Waals surface area contributed by atoms with E-state index in [1.165, 1.54) is 0 Å². The molecule has 0 saturated heterocycles. The van der Waals surface area contributed by atoms with Gasteiger partial charge < -0.3 is 20.4 Å². The van der Waals surface area contributed by atoms with Gasteiger partial charge in [0.1, 0.15) is 0 Å². The van der Waals surface area contributed by atoms with E-state index in [2.05, 4.69) is 93.2 Å². The van der Waals surface area contributed by atoms with Gasteiger partial charge in [0.2, 0.25) is 0 Å². The average Bonchev–Trinajstić information content (AvgIpc) is 3.09. The first-order valence-electron chi connectivity index (χ1n) is 14.3. The molecular formula is C38H24N6. The maximum Gasteiger partial charge on any atom is 0.0992 e. The molecule has 8 rings (SSSR count). The lowest BCUT2D eigenvalue weighted by Gasteiger charge is -2.34. The maximum absolute atomic E-state index is 10.2. The fourth-order valence-corrected chi connectivity index (χ4v) is 6.15. The molecule has 0 fully saturated rings. The number of fused-ring (bicyclic) bond motifs is 4. The Morgan fingerprint density at radius 2 is 0.727 bits per heavy atom. The summed E-state index contributed by atoms with van der Waals surface area (Å²) in [6.07, 6.45) is 0. The molecule has 2 aliphatic heterocycles. The van der Waals surface area contributed by atoms with E-state index in [0.29, 0.717) is 11.1 Å². The molecule has 0 radical (unpaired) electrons. The Bertz CT molecular complexity index is 1940. The maximum atomic E-state index is 10.2. The lowest BCUT2D eigenvalue weighted by atomic mass is 9.97. The quantitative estimate of drug-likeness (QED) is 0.222. The molecule has 0 aromatic heterocycles. The van der Waals surface area contributed by atoms with Crippen LogP contribution in [0.3, 0.4) is 0 Å². The van der Waals surface area contributed by atoms with Crippen molar-refractivity contribution in [1.29, 1.82) is 10.5 Å². The first-order valence-corrected chi connectivity index (χ1v) is 14.3. The van der Waals surface area contributed by atoms with Gasteiger partial charge in [0.15, 0.2) is 0 Å². The number of nitrogens with one attached hydrogen (secondary N) is 2. The van der Waals surface area contributed by atoms with E-state index in [-0.39, 0.29) is 0 Å². The minimum atomic E-state index is 0.535. The number of para-hydroxylation sites is 8. The number of benzene rings is 6. The highest BCUT2D eigenvalue weighted by Crippen LogP contribution is 2.50. The van der Waals surface area contributed by atoms with Crippen LogP contribution in [0, 0.1) is 22.7 Å². The lowest BCUT2D eigenvalue weighted by Crippen LogP contribution is -2.18. The number of nitriles is 2. The first kappa shape index (κ1) is 25.2. The van der Waals surface area contributed by atoms with E-state index in [1.54, 1.807) is 0 Å². The minimum Gasteiger partial charge on any atom is -0.352 e. The molecule has 206 valence electrons. The summed E-state index contributed by atoms with van der Waals surface area (Å²) < 4.78 is 0. The van der Waals surface area contributed by atoms with Crippen molar-refractivity contribution in [3.63, 3.8) is 0 Å². The number of rotatable bonds is 3. The zero-order chi connectivity index (χ0) is 29.6. The Hall–Kier alpha value is -6.50. The van der Waals surface area contributed by atoms with Crippen molar-refractivity contribution in [3.8, 4) is 23.3 Å². The van der Waals surface area contributed by atoms with E-state index in [9.17, 15) is 10.5 Å². The molecule has 2 heterocycles. The summed E-state index contributed by atoms with van der Waals surface area (Å²) in [5.41, 5.74) is 12.4. The van der Waals surface area contributed by atoms with Gasteiger partial charge >= 0.3 is 0 Å². The van der Waals surface area contributed by atoms with Gasteiger partial charge in [-0.1, -0.05) is 48.5 Å². The number of nitrogens with zero attached hydrogens (tertiary/aromatic N) is 4. The number of hydrogen-bond acceptors (Lipinski definition) is 6. The molecular weight excluding hydrogens is 540 g/mol. The number of hydrogen-bond donors (Lipinski definition) is 2. The zero-order valence-electron chi connectivity index (χ0n) is 23.5. The van der Waals surface area contributed by atoms with Crippen LogP contribution in [0.4, 0.5) is 56.9 Å². The Morgan fingerprint density at radius 1 is 0.409 bits per heavy atom. The van der Waals surface area contributed by atoms with E-state index >= 15 is 0 Å². The highest BCUT2D eigenvalue weighted by atomic mass is 15.2. The van der Waals surface area contributed by atoms with Crippen molar-refractivity contribution in [1.82, 2.24) is 0 Å². The smallest absolute Gasteiger partial charge is 0.0992 e. The van der Waals surface area contributed by atoms with Gasteiger partial charge in [0, 0.05) is 11.4 Å². The van der Waals surface area contributed by atoms with E-state index in [4.69, 9.17) is 0 Å². The molecule has 0 atom stereocenters. The molecule has 0 amide bonds. The predicted octanol–water partition coefficient (Wildman–Crippen LogP) is 10.2. The first-order chi connectivity index (χ1) is 21.7. The van der Waals surface area contributed by atoms with Crippen LogP contribution in [0.1, 0.15) is 11.1 Å². The van der Waals surface area contributed by atoms with Gasteiger partial charge in [-0.2, -0.15) is 10.5 Å². The third-order valence-corrected chi connectivity index (χ3v) is 8.06. The van der Waals surface area contributed by atoms with Crippen molar-refractivity contribution in [3.05, 3.63) is 145 Å². The summed E-state index contributed by atoms with van der Waals surface area (Å²) in [5, 5.41) is 27.4. The van der Waals surface area contributed by atoms with Crippen molar-refractivity contribution < 1.29 is 0 Å². The molecule has 0 aliphatic carbocycles. The Balaban J connectivity index is 1.32. The van der Waals surface area contributed by atoms with E-state index in [1.807, 2.05) is 72.8 Å². The van der Waals surface area contributed by atoms with Crippen LogP contribution < -0.4 is 20.4 Å². The van der Waals surface area contributed by atoms with Crippen LogP contribution in [-0.2, 0) is 0 Å². The SMILES string of the molecule is N#Cc1cc(-c2cc(C#N)cc(N3c4ccccc4Nc4ccccc43)c2)cc(N2c3ccccc3Nc3ccccc32)c1. The monoisotopic (exact) mass is 564 g/mol. The Labute approximate surface area is 255 Å². The van der Waals surface area contributed by atoms with Crippen LogP contribution >= 0.6 is 0 Å². The average molecular weight is 565 g/mol. The van der Waals surface area contributed by atoms with Gasteiger partial charge in [-0.25, -0.2) is 0 Å². The van der Waals surface area contributed by atoms with Gasteiger partial charge in [-0.05, 0) is 96.1 Å². The van der Waals surface area contributed by atoms with Gasteiger partial charge in [0.25, 0.3) is 0 Å². The number of anilines is 10. The van der Waals surface area contributed by atoms with Gasteiger partial charge in [-0.3, -0.25) is 0 Å². The predicted molar refractivity (Wildman–Crippen MR) is 177 cm³/mol. The third kappa shape index (κ3) is 4.10. The molecule has 0 saturated carbocycles. The summed E-state index contributed by atoms with van der Waals surface area (Å²) in [5.74, 6) is 0. The topological polar surface area (TPSA) is 78.1 Å². The summed E-state index contributed by atoms with van der Waals surface area (Å²) in [6, 6.07) is 49.2. The molecule has 6 aromatic rings. The standard InChI is InChI=1S/C38H24N6/c39-23-25-17-27(21-29(19-25)43-35-13-5-1-9-31(35)41-32-10-2-6-14-36(32)43)28-18-26(24-40)20-30(22-28)44-37-15-7-3-11-33(37)42-34-12-4-8-16-38(34)44/h1-22,41-42H. The van der Waals surface area contributed by atoms with Crippen molar-refractivity contribution in [2.75, 3.05) is 20.4 Å².